The lowest BCUT2D eigenvalue weighted by Gasteiger charge is -2.07. The maximum Gasteiger partial charge on any atom is 0.132 e. The molecule has 1 aromatic heterocycles. The molecule has 0 fully saturated rings. The molecule has 0 atom stereocenters. The van der Waals surface area contributed by atoms with Gasteiger partial charge in [-0.05, 0) is 30.3 Å². The highest BCUT2D eigenvalue weighted by molar-refractivity contribution is 5.81. The predicted octanol–water partition coefficient (Wildman–Crippen LogP) is 3.60. The first-order chi connectivity index (χ1) is 9.65. The van der Waals surface area contributed by atoms with Gasteiger partial charge in [0.15, 0.2) is 0 Å². The Kier molecular flexibility index (Phi) is 3.06. The number of aryl methyl sites for hydroxylation is 1. The third-order valence-corrected chi connectivity index (χ3v) is 3.34. The fourth-order valence-corrected chi connectivity index (χ4v) is 2.25. The summed E-state index contributed by atoms with van der Waals surface area (Å²) in [6, 6.07) is 13.4. The lowest BCUT2D eigenvalue weighted by Crippen LogP contribution is -2.01. The number of rotatable bonds is 3. The van der Waals surface area contributed by atoms with Crippen LogP contribution in [0.4, 0.5) is 4.39 Å². The van der Waals surface area contributed by atoms with E-state index >= 15 is 0 Å². The van der Waals surface area contributed by atoms with Crippen molar-refractivity contribution in [3.05, 3.63) is 60.0 Å². The molecule has 1 N–H and O–H groups in total. The predicted molar refractivity (Wildman–Crippen MR) is 75.3 cm³/mol. The summed E-state index contributed by atoms with van der Waals surface area (Å²) in [6.07, 6.45) is 0. The SMILES string of the molecule is Cn1c(COc2cccc(O)c2)cc2c(F)cccc21. The van der Waals surface area contributed by atoms with Crippen molar-refractivity contribution in [3.8, 4) is 11.5 Å². The molecule has 1 heterocycles. The van der Waals surface area contributed by atoms with Crippen molar-refractivity contribution in [2.45, 2.75) is 6.61 Å². The first-order valence-electron chi connectivity index (χ1n) is 6.30. The van der Waals surface area contributed by atoms with Gasteiger partial charge in [-0.2, -0.15) is 0 Å². The first kappa shape index (κ1) is 12.5. The van der Waals surface area contributed by atoms with Crippen molar-refractivity contribution < 1.29 is 14.2 Å². The van der Waals surface area contributed by atoms with E-state index in [9.17, 15) is 9.50 Å². The van der Waals surface area contributed by atoms with Gasteiger partial charge >= 0.3 is 0 Å². The Balaban J connectivity index is 1.88. The quantitative estimate of drug-likeness (QED) is 0.789. The van der Waals surface area contributed by atoms with Crippen LogP contribution >= 0.6 is 0 Å². The van der Waals surface area contributed by atoms with Crippen molar-refractivity contribution in [3.63, 3.8) is 0 Å². The molecule has 0 saturated heterocycles. The molecule has 3 rings (SSSR count). The van der Waals surface area contributed by atoms with E-state index in [1.807, 2.05) is 17.7 Å². The third-order valence-electron chi connectivity index (χ3n) is 3.34. The van der Waals surface area contributed by atoms with E-state index in [4.69, 9.17) is 4.74 Å². The van der Waals surface area contributed by atoms with Crippen LogP contribution in [-0.2, 0) is 13.7 Å². The van der Waals surface area contributed by atoms with E-state index in [2.05, 4.69) is 0 Å². The van der Waals surface area contributed by atoms with Crippen molar-refractivity contribution in [2.75, 3.05) is 0 Å². The highest BCUT2D eigenvalue weighted by Crippen LogP contribution is 2.23. The number of aromatic nitrogens is 1. The molecule has 0 saturated carbocycles. The zero-order valence-electron chi connectivity index (χ0n) is 11.0. The minimum atomic E-state index is -0.235. The number of phenolic OH excluding ortho intramolecular Hbond substituents is 1. The van der Waals surface area contributed by atoms with Crippen LogP contribution in [0.15, 0.2) is 48.5 Å². The fraction of sp³-hybridized carbons (Fsp3) is 0.125. The van der Waals surface area contributed by atoms with Crippen molar-refractivity contribution in [1.29, 1.82) is 0 Å². The minimum Gasteiger partial charge on any atom is -0.508 e. The highest BCUT2D eigenvalue weighted by Gasteiger charge is 2.09. The van der Waals surface area contributed by atoms with E-state index < -0.39 is 0 Å². The Labute approximate surface area is 115 Å². The first-order valence-corrected chi connectivity index (χ1v) is 6.30. The van der Waals surface area contributed by atoms with Gasteiger partial charge in [0.05, 0.1) is 11.2 Å². The summed E-state index contributed by atoms with van der Waals surface area (Å²) < 4.78 is 21.2. The van der Waals surface area contributed by atoms with Gasteiger partial charge in [-0.1, -0.05) is 12.1 Å². The van der Waals surface area contributed by atoms with Crippen LogP contribution < -0.4 is 4.74 Å². The third kappa shape index (κ3) is 2.20. The minimum absolute atomic E-state index is 0.158. The molecule has 20 heavy (non-hydrogen) atoms. The molecule has 0 spiro atoms. The molecular weight excluding hydrogens is 257 g/mol. The molecule has 0 aliphatic carbocycles. The van der Waals surface area contributed by atoms with Crippen LogP contribution in [0.25, 0.3) is 10.9 Å². The average Bonchev–Trinajstić information content (AvgIpc) is 2.75. The Morgan fingerprint density at radius 1 is 1.15 bits per heavy atom. The van der Waals surface area contributed by atoms with Gasteiger partial charge in [-0.25, -0.2) is 4.39 Å². The fourth-order valence-electron chi connectivity index (χ4n) is 2.25. The number of benzene rings is 2. The van der Waals surface area contributed by atoms with E-state index in [0.29, 0.717) is 17.7 Å². The van der Waals surface area contributed by atoms with Crippen LogP contribution in [0.1, 0.15) is 5.69 Å². The van der Waals surface area contributed by atoms with E-state index in [1.165, 1.54) is 6.07 Å². The lowest BCUT2D eigenvalue weighted by molar-refractivity contribution is 0.296. The smallest absolute Gasteiger partial charge is 0.132 e. The second-order valence-electron chi connectivity index (χ2n) is 4.65. The number of nitrogens with zero attached hydrogens (tertiary/aromatic N) is 1. The van der Waals surface area contributed by atoms with Crippen molar-refractivity contribution >= 4 is 10.9 Å². The van der Waals surface area contributed by atoms with E-state index in [0.717, 1.165) is 11.2 Å². The summed E-state index contributed by atoms with van der Waals surface area (Å²) in [7, 11) is 1.88. The van der Waals surface area contributed by atoms with Gasteiger partial charge in [0.1, 0.15) is 23.9 Å². The summed E-state index contributed by atoms with van der Waals surface area (Å²) in [5, 5.41) is 9.97. The largest absolute Gasteiger partial charge is 0.508 e. The summed E-state index contributed by atoms with van der Waals surface area (Å²) in [6.45, 7) is 0.314. The summed E-state index contributed by atoms with van der Waals surface area (Å²) in [5.74, 6) is 0.503. The summed E-state index contributed by atoms with van der Waals surface area (Å²) in [5.41, 5.74) is 1.70. The number of phenols is 1. The van der Waals surface area contributed by atoms with Crippen molar-refractivity contribution in [2.24, 2.45) is 7.05 Å². The standard InChI is InChI=1S/C16H14FNO2/c1-18-11(8-14-15(17)6-3-7-16(14)18)10-20-13-5-2-4-12(19)9-13/h2-9,19H,10H2,1H3. The van der Waals surface area contributed by atoms with Crippen molar-refractivity contribution in [1.82, 2.24) is 4.57 Å². The Bertz CT molecular complexity index is 764. The molecule has 0 aliphatic heterocycles. The molecule has 0 unspecified atom stereocenters. The zero-order chi connectivity index (χ0) is 14.1. The second kappa shape index (κ2) is 4.89. The van der Waals surface area contributed by atoms with Crippen LogP contribution in [0.2, 0.25) is 0 Å². The molecular formula is C16H14FNO2. The number of halogens is 1. The molecule has 3 aromatic rings. The normalized spacial score (nSPS) is 10.9. The number of hydrogen-bond acceptors (Lipinski definition) is 2. The van der Waals surface area contributed by atoms with Gasteiger partial charge in [-0.15, -0.1) is 0 Å². The molecule has 4 heteroatoms. The maximum atomic E-state index is 13.7. The molecule has 3 nitrogen and oxygen atoms in total. The molecule has 0 radical (unpaired) electrons. The summed E-state index contributed by atoms with van der Waals surface area (Å²) in [4.78, 5) is 0. The maximum absolute atomic E-state index is 13.7. The molecule has 102 valence electrons. The lowest BCUT2D eigenvalue weighted by atomic mass is 10.2. The van der Waals surface area contributed by atoms with Crippen LogP contribution in [0.3, 0.4) is 0 Å². The van der Waals surface area contributed by atoms with Crippen LogP contribution in [-0.4, -0.2) is 9.67 Å². The molecule has 0 aliphatic rings. The van der Waals surface area contributed by atoms with Gasteiger partial charge in [0, 0.05) is 18.5 Å². The summed E-state index contributed by atoms with van der Waals surface area (Å²) >= 11 is 0. The Morgan fingerprint density at radius 2 is 1.95 bits per heavy atom. The van der Waals surface area contributed by atoms with Gasteiger partial charge in [0.25, 0.3) is 0 Å². The molecule has 2 aromatic carbocycles. The topological polar surface area (TPSA) is 34.4 Å². The van der Waals surface area contributed by atoms with Gasteiger partial charge < -0.3 is 14.4 Å². The Hall–Kier alpha value is -2.49. The number of fused-ring (bicyclic) bond motifs is 1. The Morgan fingerprint density at radius 3 is 2.70 bits per heavy atom. The molecule has 0 bridgehead atoms. The van der Waals surface area contributed by atoms with Gasteiger partial charge in [0.2, 0.25) is 0 Å². The van der Waals surface area contributed by atoms with Gasteiger partial charge in [-0.3, -0.25) is 0 Å². The highest BCUT2D eigenvalue weighted by atomic mass is 19.1. The van der Waals surface area contributed by atoms with Crippen LogP contribution in [0.5, 0.6) is 11.5 Å². The van der Waals surface area contributed by atoms with E-state index in [1.54, 1.807) is 36.4 Å². The number of ether oxygens (including phenoxy) is 1. The van der Waals surface area contributed by atoms with E-state index in [-0.39, 0.29) is 11.6 Å². The van der Waals surface area contributed by atoms with Crippen LogP contribution in [0, 0.1) is 5.82 Å². The average molecular weight is 271 g/mol. The monoisotopic (exact) mass is 271 g/mol. The number of aromatic hydroxyl groups is 1. The number of hydrogen-bond donors (Lipinski definition) is 1. The second-order valence-corrected chi connectivity index (χ2v) is 4.65. The zero-order valence-corrected chi connectivity index (χ0v) is 11.0. The molecule has 0 amide bonds.